The minimum absolute atomic E-state index is 0.00218. The fraction of sp³-hybridized carbons (Fsp3) is 0.324. The number of aliphatic hydroxyl groups is 2. The smallest absolute Gasteiger partial charge is 0.251 e. The Labute approximate surface area is 277 Å². The Bertz CT molecular complexity index is 1690. The first kappa shape index (κ1) is 33.3. The summed E-state index contributed by atoms with van der Waals surface area (Å²) in [4.78, 5) is 27.6. The number of nitrogens with zero attached hydrogens (tertiary/aromatic N) is 3. The predicted octanol–water partition coefficient (Wildman–Crippen LogP) is 5.27. The van der Waals surface area contributed by atoms with Crippen LogP contribution in [0.5, 0.6) is 11.5 Å². The summed E-state index contributed by atoms with van der Waals surface area (Å²) in [5.41, 5.74) is 4.35. The average molecular weight is 668 g/mol. The summed E-state index contributed by atoms with van der Waals surface area (Å²) in [6, 6.07) is 16.3. The predicted molar refractivity (Wildman–Crippen MR) is 177 cm³/mol. The highest BCUT2D eigenvalue weighted by Gasteiger charge is 2.25. The first-order valence-electron chi connectivity index (χ1n) is 15.1. The molecule has 1 aromatic heterocycles. The van der Waals surface area contributed by atoms with Gasteiger partial charge >= 0.3 is 0 Å². The second-order valence-corrected chi connectivity index (χ2v) is 11.8. The Morgan fingerprint density at radius 1 is 1.13 bits per heavy atom. The lowest BCUT2D eigenvalue weighted by Crippen LogP contribution is -2.33. The van der Waals surface area contributed by atoms with Gasteiger partial charge in [0.1, 0.15) is 5.75 Å². The molecule has 0 bridgehead atoms. The highest BCUT2D eigenvalue weighted by atomic mass is 35.5. The van der Waals surface area contributed by atoms with Crippen LogP contribution in [0, 0.1) is 6.92 Å². The summed E-state index contributed by atoms with van der Waals surface area (Å²) in [5, 5.41) is 26.5. The number of fused-ring (bicyclic) bond motifs is 1. The van der Waals surface area contributed by atoms with Gasteiger partial charge in [0.25, 0.3) is 5.91 Å². The van der Waals surface area contributed by atoms with Crippen LogP contribution in [0.2, 0.25) is 10.0 Å². The molecule has 1 atom stereocenters. The minimum Gasteiger partial charge on any atom is -0.493 e. The third-order valence-corrected chi connectivity index (χ3v) is 8.43. The number of hydrogen-bond acceptors (Lipinski definition) is 7. The molecule has 0 spiro atoms. The van der Waals surface area contributed by atoms with Crippen molar-refractivity contribution >= 4 is 40.7 Å². The van der Waals surface area contributed by atoms with Gasteiger partial charge in [-0.15, -0.1) is 0 Å². The van der Waals surface area contributed by atoms with Gasteiger partial charge in [-0.05, 0) is 55.7 Å². The van der Waals surface area contributed by atoms with Crippen LogP contribution in [0.4, 0.5) is 5.69 Å². The summed E-state index contributed by atoms with van der Waals surface area (Å²) in [6.45, 7) is 3.19. The van der Waals surface area contributed by atoms with Crippen molar-refractivity contribution in [3.63, 3.8) is 0 Å². The highest BCUT2D eigenvalue weighted by Crippen LogP contribution is 2.40. The normalized spacial score (nSPS) is 13.4. The van der Waals surface area contributed by atoms with Crippen LogP contribution in [0.3, 0.4) is 0 Å². The van der Waals surface area contributed by atoms with E-state index >= 15 is 0 Å². The molecule has 3 aromatic carbocycles. The van der Waals surface area contributed by atoms with E-state index in [1.807, 2.05) is 49.5 Å². The van der Waals surface area contributed by atoms with Gasteiger partial charge in [-0.25, -0.2) is 0 Å². The van der Waals surface area contributed by atoms with Gasteiger partial charge in [-0.2, -0.15) is 5.10 Å². The molecule has 1 aliphatic rings. The van der Waals surface area contributed by atoms with Crippen LogP contribution in [0.1, 0.15) is 40.7 Å². The van der Waals surface area contributed by atoms with Crippen molar-refractivity contribution in [1.29, 1.82) is 0 Å². The molecule has 10 nitrogen and oxygen atoms in total. The molecular formula is C34H36Cl2N4O6. The topological polar surface area (TPSA) is 126 Å². The number of carbonyl (C=O) groups excluding carboxylic acids is 2. The molecule has 4 aromatic rings. The van der Waals surface area contributed by atoms with Crippen molar-refractivity contribution < 1.29 is 29.3 Å². The summed E-state index contributed by atoms with van der Waals surface area (Å²) in [6.07, 6.45) is 4.19. The monoisotopic (exact) mass is 666 g/mol. The van der Waals surface area contributed by atoms with E-state index in [4.69, 9.17) is 37.8 Å². The summed E-state index contributed by atoms with van der Waals surface area (Å²) < 4.78 is 13.8. The molecule has 0 saturated carbocycles. The molecule has 0 radical (unpaired) electrons. The van der Waals surface area contributed by atoms with Crippen LogP contribution in [-0.4, -0.2) is 70.8 Å². The SMILES string of the molecule is Cc1c(Cl)cccc1OCCCC(=O)N1CCCOc2c(-c3cnn(Cc4ccc(C(=O)NCC(O)CO)cc4Cl)c3)cccc21. The van der Waals surface area contributed by atoms with E-state index in [1.54, 1.807) is 34.0 Å². The van der Waals surface area contributed by atoms with Crippen LogP contribution in [0.25, 0.3) is 11.1 Å². The zero-order valence-electron chi connectivity index (χ0n) is 25.4. The Hall–Kier alpha value is -4.09. The van der Waals surface area contributed by atoms with Crippen molar-refractivity contribution in [3.05, 3.63) is 93.7 Å². The van der Waals surface area contributed by atoms with E-state index in [2.05, 4.69) is 10.4 Å². The number of rotatable bonds is 12. The molecule has 3 N–H and O–H groups in total. The summed E-state index contributed by atoms with van der Waals surface area (Å²) in [7, 11) is 0. The molecule has 2 amide bonds. The van der Waals surface area contributed by atoms with Crippen molar-refractivity contribution in [1.82, 2.24) is 15.1 Å². The maximum atomic E-state index is 13.4. The van der Waals surface area contributed by atoms with Crippen LogP contribution in [0.15, 0.2) is 67.0 Å². The number of amides is 2. The molecule has 2 heterocycles. The second kappa shape index (κ2) is 15.5. The largest absolute Gasteiger partial charge is 0.493 e. The zero-order chi connectivity index (χ0) is 32.6. The first-order chi connectivity index (χ1) is 22.2. The van der Waals surface area contributed by atoms with Crippen molar-refractivity contribution in [2.24, 2.45) is 0 Å². The number of carbonyl (C=O) groups is 2. The van der Waals surface area contributed by atoms with Crippen LogP contribution >= 0.6 is 23.2 Å². The van der Waals surface area contributed by atoms with Crippen molar-refractivity contribution in [2.45, 2.75) is 38.8 Å². The number of anilines is 1. The lowest BCUT2D eigenvalue weighted by atomic mass is 10.1. The number of ether oxygens (including phenoxy) is 2. The molecule has 0 fully saturated rings. The minimum atomic E-state index is -1.03. The molecule has 0 saturated heterocycles. The Morgan fingerprint density at radius 3 is 2.76 bits per heavy atom. The Morgan fingerprint density at radius 2 is 1.96 bits per heavy atom. The maximum absolute atomic E-state index is 13.4. The fourth-order valence-corrected chi connectivity index (χ4v) is 5.54. The van der Waals surface area contributed by atoms with E-state index in [0.717, 1.165) is 33.7 Å². The van der Waals surface area contributed by atoms with Gasteiger partial charge in [0.15, 0.2) is 5.75 Å². The average Bonchev–Trinajstić information content (AvgIpc) is 3.41. The number of aliphatic hydroxyl groups excluding tert-OH is 2. The molecular weight excluding hydrogens is 631 g/mol. The molecule has 12 heteroatoms. The number of aromatic nitrogens is 2. The number of para-hydroxylation sites is 1. The lowest BCUT2D eigenvalue weighted by Gasteiger charge is -2.23. The van der Waals surface area contributed by atoms with Gasteiger partial charge in [-0.1, -0.05) is 47.5 Å². The van der Waals surface area contributed by atoms with Gasteiger partial charge in [-0.3, -0.25) is 14.3 Å². The van der Waals surface area contributed by atoms with Gasteiger partial charge in [0, 0.05) is 58.0 Å². The number of nitrogens with one attached hydrogen (secondary N) is 1. The highest BCUT2D eigenvalue weighted by molar-refractivity contribution is 6.32. The quantitative estimate of drug-likeness (QED) is 0.176. The third kappa shape index (κ3) is 8.00. The maximum Gasteiger partial charge on any atom is 0.251 e. The molecule has 1 unspecified atom stereocenters. The number of halogens is 2. The standard InChI is InChI=1S/C34H36Cl2N4O6/c1-22-28(35)7-3-9-31(22)45-14-4-10-32(43)40-13-5-15-46-33-27(6-2-8-30(33)40)25-17-38-39(20-25)19-24-12-11-23(16-29(24)36)34(44)37-18-26(42)21-41/h2-3,6-9,11-12,16-17,20,26,41-42H,4-5,10,13-15,18-19,21H2,1H3,(H,37,44). The van der Waals surface area contributed by atoms with Gasteiger partial charge in [0.05, 0.1) is 44.4 Å². The molecule has 242 valence electrons. The summed E-state index contributed by atoms with van der Waals surface area (Å²) in [5.74, 6) is 0.957. The van der Waals surface area contributed by atoms with Crippen LogP contribution in [-0.2, 0) is 11.3 Å². The zero-order valence-corrected chi connectivity index (χ0v) is 26.9. The van der Waals surface area contributed by atoms with Gasteiger partial charge < -0.3 is 29.9 Å². The fourth-order valence-electron chi connectivity index (χ4n) is 5.13. The summed E-state index contributed by atoms with van der Waals surface area (Å²) >= 11 is 12.7. The Kier molecular flexibility index (Phi) is 11.2. The van der Waals surface area contributed by atoms with Crippen molar-refractivity contribution in [2.75, 3.05) is 37.8 Å². The molecule has 0 aliphatic carbocycles. The van der Waals surface area contributed by atoms with E-state index in [-0.39, 0.29) is 12.5 Å². The van der Waals surface area contributed by atoms with Crippen LogP contribution < -0.4 is 19.7 Å². The van der Waals surface area contributed by atoms with E-state index in [9.17, 15) is 14.7 Å². The van der Waals surface area contributed by atoms with Gasteiger partial charge in [0.2, 0.25) is 5.91 Å². The second-order valence-electron chi connectivity index (χ2n) is 11.0. The Balaban J connectivity index is 1.25. The molecule has 5 rings (SSSR count). The lowest BCUT2D eigenvalue weighted by molar-refractivity contribution is -0.118. The number of benzene rings is 3. The molecule has 1 aliphatic heterocycles. The molecule has 46 heavy (non-hydrogen) atoms. The van der Waals surface area contributed by atoms with E-state index < -0.39 is 18.6 Å². The third-order valence-electron chi connectivity index (χ3n) is 7.67. The number of hydrogen-bond donors (Lipinski definition) is 3. The van der Waals surface area contributed by atoms with E-state index in [0.29, 0.717) is 66.9 Å². The first-order valence-corrected chi connectivity index (χ1v) is 15.8. The van der Waals surface area contributed by atoms with Crippen molar-refractivity contribution in [3.8, 4) is 22.6 Å². The van der Waals surface area contributed by atoms with E-state index in [1.165, 1.54) is 0 Å².